The summed E-state index contributed by atoms with van der Waals surface area (Å²) in [7, 11) is 0. The molecule has 3 heteroatoms. The maximum Gasteiger partial charge on any atom is 0.0648 e. The van der Waals surface area contributed by atoms with Crippen molar-refractivity contribution in [1.82, 2.24) is 10.2 Å². The SMILES string of the molecule is Cc1cc(C(N)C2CCC2)c(C)nn1. The Morgan fingerprint density at radius 1 is 1.36 bits per heavy atom. The van der Waals surface area contributed by atoms with Crippen molar-refractivity contribution >= 4 is 0 Å². The van der Waals surface area contributed by atoms with E-state index in [0.29, 0.717) is 5.92 Å². The van der Waals surface area contributed by atoms with E-state index in [9.17, 15) is 0 Å². The van der Waals surface area contributed by atoms with Crippen LogP contribution in [0.15, 0.2) is 6.07 Å². The fraction of sp³-hybridized carbons (Fsp3) is 0.636. The van der Waals surface area contributed by atoms with Crippen molar-refractivity contribution in [3.63, 3.8) is 0 Å². The summed E-state index contributed by atoms with van der Waals surface area (Å²) in [5, 5.41) is 8.13. The second-order valence-electron chi connectivity index (χ2n) is 4.24. The zero-order valence-electron chi connectivity index (χ0n) is 8.83. The Kier molecular flexibility index (Phi) is 2.50. The normalized spacial score (nSPS) is 19.1. The lowest BCUT2D eigenvalue weighted by molar-refractivity contribution is 0.263. The fourth-order valence-corrected chi connectivity index (χ4v) is 1.96. The van der Waals surface area contributed by atoms with Crippen LogP contribution in [-0.2, 0) is 0 Å². The van der Waals surface area contributed by atoms with Gasteiger partial charge < -0.3 is 5.73 Å². The minimum Gasteiger partial charge on any atom is -0.324 e. The molecule has 0 aliphatic heterocycles. The van der Waals surface area contributed by atoms with Crippen LogP contribution in [0.5, 0.6) is 0 Å². The lowest BCUT2D eigenvalue weighted by Crippen LogP contribution is -2.27. The van der Waals surface area contributed by atoms with Crippen molar-refractivity contribution in [2.75, 3.05) is 0 Å². The maximum atomic E-state index is 6.20. The smallest absolute Gasteiger partial charge is 0.0648 e. The fourth-order valence-electron chi connectivity index (χ4n) is 1.96. The Hall–Kier alpha value is -0.960. The Bertz CT molecular complexity index is 331. The molecule has 1 aromatic rings. The van der Waals surface area contributed by atoms with Crippen LogP contribution in [0, 0.1) is 19.8 Å². The van der Waals surface area contributed by atoms with E-state index in [0.717, 1.165) is 11.4 Å². The molecule has 0 amide bonds. The molecule has 2 rings (SSSR count). The number of nitrogens with zero attached hydrogens (tertiary/aromatic N) is 2. The molecule has 2 N–H and O–H groups in total. The van der Waals surface area contributed by atoms with Crippen molar-refractivity contribution in [2.45, 2.75) is 39.2 Å². The molecule has 1 aromatic heterocycles. The highest BCUT2D eigenvalue weighted by molar-refractivity contribution is 5.24. The van der Waals surface area contributed by atoms with Crippen molar-refractivity contribution in [2.24, 2.45) is 11.7 Å². The minimum absolute atomic E-state index is 0.165. The first-order valence-corrected chi connectivity index (χ1v) is 5.25. The molecule has 1 unspecified atom stereocenters. The number of aryl methyl sites for hydroxylation is 2. The molecular weight excluding hydrogens is 174 g/mol. The summed E-state index contributed by atoms with van der Waals surface area (Å²) in [6, 6.07) is 2.24. The summed E-state index contributed by atoms with van der Waals surface area (Å²) in [6.07, 6.45) is 3.86. The van der Waals surface area contributed by atoms with Gasteiger partial charge >= 0.3 is 0 Å². The Morgan fingerprint density at radius 2 is 2.07 bits per heavy atom. The molecule has 0 aromatic carbocycles. The average molecular weight is 191 g/mol. The van der Waals surface area contributed by atoms with Gasteiger partial charge in [-0.1, -0.05) is 6.42 Å². The lowest BCUT2D eigenvalue weighted by Gasteiger charge is -2.31. The van der Waals surface area contributed by atoms with E-state index in [-0.39, 0.29) is 6.04 Å². The van der Waals surface area contributed by atoms with Crippen LogP contribution < -0.4 is 5.73 Å². The zero-order valence-corrected chi connectivity index (χ0v) is 8.83. The van der Waals surface area contributed by atoms with E-state index >= 15 is 0 Å². The van der Waals surface area contributed by atoms with Gasteiger partial charge in [-0.3, -0.25) is 0 Å². The van der Waals surface area contributed by atoms with Gasteiger partial charge in [0.2, 0.25) is 0 Å². The molecular formula is C11H17N3. The molecule has 76 valence electrons. The predicted octanol–water partition coefficient (Wildman–Crippen LogP) is 1.89. The summed E-state index contributed by atoms with van der Waals surface area (Å²) >= 11 is 0. The summed E-state index contributed by atoms with van der Waals surface area (Å²) in [5.41, 5.74) is 9.32. The molecule has 0 spiro atoms. The van der Waals surface area contributed by atoms with Gasteiger partial charge in [-0.05, 0) is 44.2 Å². The van der Waals surface area contributed by atoms with Crippen molar-refractivity contribution in [3.8, 4) is 0 Å². The standard InChI is InChI=1S/C11H17N3/c1-7-6-10(8(2)14-13-7)11(12)9-4-3-5-9/h6,9,11H,3-5,12H2,1-2H3. The lowest BCUT2D eigenvalue weighted by atomic mass is 9.77. The van der Waals surface area contributed by atoms with Gasteiger partial charge in [0.15, 0.2) is 0 Å². The van der Waals surface area contributed by atoms with E-state index < -0.39 is 0 Å². The predicted molar refractivity (Wildman–Crippen MR) is 55.8 cm³/mol. The van der Waals surface area contributed by atoms with E-state index in [2.05, 4.69) is 16.3 Å². The largest absolute Gasteiger partial charge is 0.324 e. The minimum atomic E-state index is 0.165. The third-order valence-corrected chi connectivity index (χ3v) is 3.16. The van der Waals surface area contributed by atoms with Crippen LogP contribution in [0.1, 0.15) is 42.3 Å². The van der Waals surface area contributed by atoms with Crippen molar-refractivity contribution in [3.05, 3.63) is 23.0 Å². The highest BCUT2D eigenvalue weighted by Gasteiger charge is 2.26. The van der Waals surface area contributed by atoms with Crippen LogP contribution >= 0.6 is 0 Å². The van der Waals surface area contributed by atoms with E-state index in [1.54, 1.807) is 0 Å². The number of nitrogens with two attached hydrogens (primary N) is 1. The Balaban J connectivity index is 2.24. The third-order valence-electron chi connectivity index (χ3n) is 3.16. The van der Waals surface area contributed by atoms with E-state index in [4.69, 9.17) is 5.73 Å². The van der Waals surface area contributed by atoms with Gasteiger partial charge in [-0.2, -0.15) is 10.2 Å². The number of hydrogen-bond acceptors (Lipinski definition) is 3. The molecule has 1 atom stereocenters. The quantitative estimate of drug-likeness (QED) is 0.776. The van der Waals surface area contributed by atoms with Gasteiger partial charge in [-0.25, -0.2) is 0 Å². The molecule has 0 radical (unpaired) electrons. The Labute approximate surface area is 84.7 Å². The third kappa shape index (κ3) is 1.64. The van der Waals surface area contributed by atoms with Gasteiger partial charge in [0, 0.05) is 6.04 Å². The summed E-state index contributed by atoms with van der Waals surface area (Å²) in [5.74, 6) is 0.664. The molecule has 1 fully saturated rings. The number of hydrogen-bond donors (Lipinski definition) is 1. The molecule has 0 bridgehead atoms. The second kappa shape index (κ2) is 3.65. The first kappa shape index (κ1) is 9.59. The van der Waals surface area contributed by atoms with Gasteiger partial charge in [0.25, 0.3) is 0 Å². The molecule has 1 aliphatic carbocycles. The number of rotatable bonds is 2. The second-order valence-corrected chi connectivity index (χ2v) is 4.24. The van der Waals surface area contributed by atoms with Crippen LogP contribution in [0.2, 0.25) is 0 Å². The summed E-state index contributed by atoms with van der Waals surface area (Å²) < 4.78 is 0. The topological polar surface area (TPSA) is 51.8 Å². The van der Waals surface area contributed by atoms with Crippen molar-refractivity contribution in [1.29, 1.82) is 0 Å². The average Bonchev–Trinajstić information content (AvgIpc) is 2.06. The first-order valence-electron chi connectivity index (χ1n) is 5.25. The zero-order chi connectivity index (χ0) is 10.1. The van der Waals surface area contributed by atoms with Gasteiger partial charge in [-0.15, -0.1) is 0 Å². The maximum absolute atomic E-state index is 6.20. The first-order chi connectivity index (χ1) is 6.68. The van der Waals surface area contributed by atoms with E-state index in [1.165, 1.54) is 24.8 Å². The van der Waals surface area contributed by atoms with Gasteiger partial charge in [0.1, 0.15) is 0 Å². The summed E-state index contributed by atoms with van der Waals surface area (Å²) in [6.45, 7) is 3.95. The Morgan fingerprint density at radius 3 is 2.64 bits per heavy atom. The van der Waals surface area contributed by atoms with Crippen molar-refractivity contribution < 1.29 is 0 Å². The van der Waals surface area contributed by atoms with Gasteiger partial charge in [0.05, 0.1) is 11.4 Å². The van der Waals surface area contributed by atoms with Crippen LogP contribution in [-0.4, -0.2) is 10.2 Å². The molecule has 1 aliphatic rings. The highest BCUT2D eigenvalue weighted by atomic mass is 15.1. The molecule has 14 heavy (non-hydrogen) atoms. The summed E-state index contributed by atoms with van der Waals surface area (Å²) in [4.78, 5) is 0. The highest BCUT2D eigenvalue weighted by Crippen LogP contribution is 2.36. The van der Waals surface area contributed by atoms with Crippen LogP contribution in [0.4, 0.5) is 0 Å². The molecule has 0 saturated heterocycles. The molecule has 1 heterocycles. The molecule has 3 nitrogen and oxygen atoms in total. The van der Waals surface area contributed by atoms with E-state index in [1.807, 2.05) is 13.8 Å². The number of aromatic nitrogens is 2. The monoisotopic (exact) mass is 191 g/mol. The van der Waals surface area contributed by atoms with Crippen LogP contribution in [0.25, 0.3) is 0 Å². The van der Waals surface area contributed by atoms with Crippen LogP contribution in [0.3, 0.4) is 0 Å². The molecule has 1 saturated carbocycles.